The van der Waals surface area contributed by atoms with E-state index in [1.165, 1.54) is 0 Å². The van der Waals surface area contributed by atoms with Crippen molar-refractivity contribution in [1.29, 1.82) is 0 Å². The van der Waals surface area contributed by atoms with Crippen LogP contribution in [0, 0.1) is 0 Å². The molecule has 0 saturated heterocycles. The number of carbonyl (C=O) groups excluding carboxylic acids is 1. The van der Waals surface area contributed by atoms with Gasteiger partial charge in [0.15, 0.2) is 6.29 Å². The monoisotopic (exact) mass is 216 g/mol. The van der Waals surface area contributed by atoms with Crippen LogP contribution in [-0.2, 0) is 7.05 Å². The summed E-state index contributed by atoms with van der Waals surface area (Å²) >= 11 is 0. The van der Waals surface area contributed by atoms with Crippen molar-refractivity contribution in [1.82, 2.24) is 9.78 Å². The second-order valence-corrected chi connectivity index (χ2v) is 3.40. The molecule has 16 heavy (non-hydrogen) atoms. The Balaban J connectivity index is 2.53. The minimum atomic E-state index is 0.543. The Hall–Kier alpha value is -2.10. The highest BCUT2D eigenvalue weighted by Gasteiger charge is 2.10. The van der Waals surface area contributed by atoms with Gasteiger partial charge >= 0.3 is 0 Å². The van der Waals surface area contributed by atoms with E-state index in [9.17, 15) is 4.79 Å². The van der Waals surface area contributed by atoms with Crippen molar-refractivity contribution < 1.29 is 9.53 Å². The number of para-hydroxylation sites is 1. The van der Waals surface area contributed by atoms with Gasteiger partial charge in [0.05, 0.1) is 12.8 Å². The molecule has 0 atom stereocenters. The minimum absolute atomic E-state index is 0.543. The zero-order valence-corrected chi connectivity index (χ0v) is 9.18. The van der Waals surface area contributed by atoms with Crippen LogP contribution >= 0.6 is 0 Å². The molecule has 1 aromatic heterocycles. The number of hydrogen-bond donors (Lipinski definition) is 0. The van der Waals surface area contributed by atoms with Crippen molar-refractivity contribution in [3.63, 3.8) is 0 Å². The van der Waals surface area contributed by atoms with Gasteiger partial charge in [0.1, 0.15) is 11.4 Å². The smallest absolute Gasteiger partial charge is 0.168 e. The fraction of sp³-hybridized carbons (Fsp3) is 0.167. The van der Waals surface area contributed by atoms with Crippen LogP contribution in [0.15, 0.2) is 30.3 Å². The highest BCUT2D eigenvalue weighted by atomic mass is 16.5. The first-order chi connectivity index (χ1) is 7.76. The van der Waals surface area contributed by atoms with Gasteiger partial charge in [-0.1, -0.05) is 12.1 Å². The predicted octanol–water partition coefficient (Wildman–Crippen LogP) is 1.91. The first-order valence-corrected chi connectivity index (χ1v) is 4.89. The lowest BCUT2D eigenvalue weighted by Crippen LogP contribution is -1.95. The standard InChI is InChI=1S/C12H12N2O2/c1-14-9(8-15)7-11(13-14)10-5-3-4-6-12(10)16-2/h3-8H,1-2H3. The molecule has 0 aliphatic rings. The van der Waals surface area contributed by atoms with Crippen molar-refractivity contribution in [2.75, 3.05) is 7.11 Å². The molecule has 0 N–H and O–H groups in total. The number of ether oxygens (including phenoxy) is 1. The molecule has 0 saturated carbocycles. The van der Waals surface area contributed by atoms with Gasteiger partial charge in [-0.3, -0.25) is 9.48 Å². The number of carbonyl (C=O) groups is 1. The molecule has 4 heteroatoms. The molecule has 2 rings (SSSR count). The van der Waals surface area contributed by atoms with Crippen LogP contribution in [0.4, 0.5) is 0 Å². The van der Waals surface area contributed by atoms with Crippen LogP contribution in [0.25, 0.3) is 11.3 Å². The second-order valence-electron chi connectivity index (χ2n) is 3.40. The third kappa shape index (κ3) is 1.69. The van der Waals surface area contributed by atoms with Gasteiger partial charge in [-0.2, -0.15) is 5.10 Å². The van der Waals surface area contributed by atoms with Gasteiger partial charge in [0, 0.05) is 12.6 Å². The lowest BCUT2D eigenvalue weighted by Gasteiger charge is -2.04. The number of aryl methyl sites for hydroxylation is 1. The van der Waals surface area contributed by atoms with Crippen LogP contribution in [-0.4, -0.2) is 23.2 Å². The Morgan fingerprint density at radius 1 is 1.38 bits per heavy atom. The van der Waals surface area contributed by atoms with Crippen LogP contribution in [0.5, 0.6) is 5.75 Å². The number of aromatic nitrogens is 2. The van der Waals surface area contributed by atoms with Crippen LogP contribution in [0.2, 0.25) is 0 Å². The fourth-order valence-corrected chi connectivity index (χ4v) is 1.58. The first-order valence-electron chi connectivity index (χ1n) is 4.89. The van der Waals surface area contributed by atoms with Gasteiger partial charge in [-0.25, -0.2) is 0 Å². The summed E-state index contributed by atoms with van der Waals surface area (Å²) in [6.07, 6.45) is 0.784. The van der Waals surface area contributed by atoms with E-state index in [0.717, 1.165) is 23.3 Å². The van der Waals surface area contributed by atoms with E-state index in [0.29, 0.717) is 5.69 Å². The van der Waals surface area contributed by atoms with Gasteiger partial charge < -0.3 is 4.74 Å². The van der Waals surface area contributed by atoms with Crippen molar-refractivity contribution in [2.45, 2.75) is 0 Å². The average Bonchev–Trinajstić information content (AvgIpc) is 2.70. The topological polar surface area (TPSA) is 44.1 Å². The molecular formula is C12H12N2O2. The van der Waals surface area contributed by atoms with E-state index >= 15 is 0 Å². The average molecular weight is 216 g/mol. The Bertz CT molecular complexity index is 517. The molecule has 0 bridgehead atoms. The first kappa shape index (κ1) is 10.4. The molecule has 2 aromatic rings. The molecule has 0 fully saturated rings. The predicted molar refractivity (Wildman–Crippen MR) is 60.6 cm³/mol. The SMILES string of the molecule is COc1ccccc1-c1cc(C=O)n(C)n1. The minimum Gasteiger partial charge on any atom is -0.496 e. The van der Waals surface area contributed by atoms with E-state index < -0.39 is 0 Å². The fourth-order valence-electron chi connectivity index (χ4n) is 1.58. The molecule has 1 aromatic carbocycles. The van der Waals surface area contributed by atoms with E-state index in [1.54, 1.807) is 24.9 Å². The lowest BCUT2D eigenvalue weighted by atomic mass is 10.1. The van der Waals surface area contributed by atoms with E-state index in [1.807, 2.05) is 24.3 Å². The molecule has 0 spiro atoms. The molecule has 0 aliphatic carbocycles. The molecule has 0 amide bonds. The quantitative estimate of drug-likeness (QED) is 0.736. The Morgan fingerprint density at radius 3 is 2.75 bits per heavy atom. The Kier molecular flexibility index (Phi) is 2.72. The maximum absolute atomic E-state index is 10.7. The van der Waals surface area contributed by atoms with Crippen molar-refractivity contribution in [3.05, 3.63) is 36.0 Å². The molecular weight excluding hydrogens is 204 g/mol. The number of aldehydes is 1. The maximum Gasteiger partial charge on any atom is 0.168 e. The summed E-state index contributed by atoms with van der Waals surface area (Å²) < 4.78 is 6.80. The zero-order chi connectivity index (χ0) is 11.5. The van der Waals surface area contributed by atoms with Gasteiger partial charge in [0.2, 0.25) is 0 Å². The molecule has 4 nitrogen and oxygen atoms in total. The second kappa shape index (κ2) is 4.18. The van der Waals surface area contributed by atoms with Crippen molar-refractivity contribution in [3.8, 4) is 17.0 Å². The lowest BCUT2D eigenvalue weighted by molar-refractivity contribution is 0.111. The summed E-state index contributed by atoms with van der Waals surface area (Å²) in [6, 6.07) is 9.32. The summed E-state index contributed by atoms with van der Waals surface area (Å²) in [5, 5.41) is 4.27. The molecule has 1 heterocycles. The number of benzene rings is 1. The molecule has 0 unspecified atom stereocenters. The maximum atomic E-state index is 10.7. The number of nitrogens with zero attached hydrogens (tertiary/aromatic N) is 2. The number of rotatable bonds is 3. The third-order valence-electron chi connectivity index (χ3n) is 2.42. The number of methoxy groups -OCH3 is 1. The third-order valence-corrected chi connectivity index (χ3v) is 2.42. The van der Waals surface area contributed by atoms with Gasteiger partial charge in [0.25, 0.3) is 0 Å². The van der Waals surface area contributed by atoms with Gasteiger partial charge in [-0.15, -0.1) is 0 Å². The largest absolute Gasteiger partial charge is 0.496 e. The van der Waals surface area contributed by atoms with Crippen LogP contribution in [0.3, 0.4) is 0 Å². The van der Waals surface area contributed by atoms with Crippen molar-refractivity contribution >= 4 is 6.29 Å². The van der Waals surface area contributed by atoms with Crippen LogP contribution < -0.4 is 4.74 Å². The summed E-state index contributed by atoms with van der Waals surface area (Å²) in [4.78, 5) is 10.7. The summed E-state index contributed by atoms with van der Waals surface area (Å²) in [5.41, 5.74) is 2.16. The van der Waals surface area contributed by atoms with Gasteiger partial charge in [-0.05, 0) is 18.2 Å². The highest BCUT2D eigenvalue weighted by Crippen LogP contribution is 2.28. The molecule has 0 aliphatic heterocycles. The normalized spacial score (nSPS) is 10.1. The molecule has 82 valence electrons. The van der Waals surface area contributed by atoms with E-state index in [2.05, 4.69) is 5.10 Å². The highest BCUT2D eigenvalue weighted by molar-refractivity contribution is 5.77. The summed E-state index contributed by atoms with van der Waals surface area (Å²) in [7, 11) is 3.35. The van der Waals surface area contributed by atoms with Crippen molar-refractivity contribution in [2.24, 2.45) is 7.05 Å². The summed E-state index contributed by atoms with van der Waals surface area (Å²) in [6.45, 7) is 0. The van der Waals surface area contributed by atoms with E-state index in [-0.39, 0.29) is 0 Å². The zero-order valence-electron chi connectivity index (χ0n) is 9.18. The number of hydrogen-bond acceptors (Lipinski definition) is 3. The molecule has 0 radical (unpaired) electrons. The Labute approximate surface area is 93.5 Å². The Morgan fingerprint density at radius 2 is 2.12 bits per heavy atom. The van der Waals surface area contributed by atoms with Crippen LogP contribution in [0.1, 0.15) is 10.5 Å². The summed E-state index contributed by atoms with van der Waals surface area (Å²) in [5.74, 6) is 0.748. The van der Waals surface area contributed by atoms with E-state index in [4.69, 9.17) is 4.74 Å².